The molecule has 0 aromatic heterocycles. The number of hydrogen-bond donors (Lipinski definition) is 3. The molecule has 54 heavy (non-hydrogen) atoms. The lowest BCUT2D eigenvalue weighted by molar-refractivity contribution is -0.129. The van der Waals surface area contributed by atoms with Crippen LogP contribution in [0.15, 0.2) is 143 Å². The molecule has 3 N–H and O–H groups in total. The van der Waals surface area contributed by atoms with E-state index >= 15 is 0 Å². The molecule has 0 radical (unpaired) electrons. The van der Waals surface area contributed by atoms with Gasteiger partial charge in [-0.2, -0.15) is 0 Å². The van der Waals surface area contributed by atoms with E-state index in [1.54, 1.807) is 60.7 Å². The van der Waals surface area contributed by atoms with Gasteiger partial charge in [0.25, 0.3) is 0 Å². The van der Waals surface area contributed by atoms with E-state index in [9.17, 15) is 26.4 Å². The summed E-state index contributed by atoms with van der Waals surface area (Å²) in [7, 11) is -7.65. The van der Waals surface area contributed by atoms with Crippen molar-refractivity contribution in [3.8, 4) is 11.5 Å². The molecule has 1 aliphatic heterocycles. The molecule has 6 rings (SSSR count). The number of fused-ring (bicyclic) bond motifs is 2. The molecule has 1 aliphatic rings. The molecule has 0 aliphatic carbocycles. The Bertz CT molecular complexity index is 2330. The molecule has 13 heteroatoms. The SMILES string of the molecule is O=C(Cc1ccc2c(c1)OCO2)N[C@@H](Cc1ccccc1)C(=O)N[C@H](/C=C/S(=O)(=O)c1ccccc1)CCCCNS(=O)(=O)c1cccc2ccccc12. The molecular weight excluding hydrogens is 727 g/mol. The summed E-state index contributed by atoms with van der Waals surface area (Å²) in [6.45, 7) is 0.234. The van der Waals surface area contributed by atoms with Crippen molar-refractivity contribution in [2.45, 2.75) is 54.0 Å². The van der Waals surface area contributed by atoms with Crippen molar-refractivity contribution in [2.75, 3.05) is 13.3 Å². The fourth-order valence-corrected chi connectivity index (χ4v) is 8.52. The van der Waals surface area contributed by atoms with Crippen molar-refractivity contribution < 1.29 is 35.9 Å². The quantitative estimate of drug-likeness (QED) is 0.105. The van der Waals surface area contributed by atoms with E-state index in [-0.39, 0.29) is 41.9 Å². The zero-order chi connectivity index (χ0) is 38.0. The van der Waals surface area contributed by atoms with Gasteiger partial charge in [-0.05, 0) is 66.1 Å². The third-order valence-corrected chi connectivity index (χ3v) is 11.9. The second kappa shape index (κ2) is 17.5. The van der Waals surface area contributed by atoms with E-state index in [1.165, 1.54) is 18.2 Å². The molecule has 0 saturated carbocycles. The normalized spacial score (nSPS) is 13.8. The number of benzene rings is 5. The van der Waals surface area contributed by atoms with Crippen LogP contribution >= 0.6 is 0 Å². The lowest BCUT2D eigenvalue weighted by atomic mass is 10.0. The summed E-state index contributed by atoms with van der Waals surface area (Å²) < 4.78 is 66.2. The molecule has 0 unspecified atom stereocenters. The average Bonchev–Trinajstić information content (AvgIpc) is 3.65. The van der Waals surface area contributed by atoms with Gasteiger partial charge < -0.3 is 20.1 Å². The molecule has 0 bridgehead atoms. The van der Waals surface area contributed by atoms with Crippen molar-refractivity contribution in [1.82, 2.24) is 15.4 Å². The minimum Gasteiger partial charge on any atom is -0.454 e. The van der Waals surface area contributed by atoms with Crippen LogP contribution in [0.5, 0.6) is 11.5 Å². The lowest BCUT2D eigenvalue weighted by Gasteiger charge is -2.22. The first kappa shape index (κ1) is 38.2. The molecule has 280 valence electrons. The number of sulfone groups is 1. The molecule has 0 spiro atoms. The zero-order valence-electron chi connectivity index (χ0n) is 29.4. The first-order valence-electron chi connectivity index (χ1n) is 17.6. The summed E-state index contributed by atoms with van der Waals surface area (Å²) in [6.07, 6.45) is 2.75. The zero-order valence-corrected chi connectivity index (χ0v) is 31.0. The summed E-state index contributed by atoms with van der Waals surface area (Å²) in [5.41, 5.74) is 1.50. The Hall–Kier alpha value is -5.50. The molecule has 0 saturated heterocycles. The Balaban J connectivity index is 1.14. The third-order valence-electron chi connectivity index (χ3n) is 8.90. The number of carbonyl (C=O) groups excluding carboxylic acids is 2. The second-order valence-electron chi connectivity index (χ2n) is 12.8. The molecule has 1 heterocycles. The van der Waals surface area contributed by atoms with Gasteiger partial charge in [-0.1, -0.05) is 97.1 Å². The van der Waals surface area contributed by atoms with E-state index in [2.05, 4.69) is 15.4 Å². The number of nitrogens with one attached hydrogen (secondary N) is 3. The Labute approximate surface area is 315 Å². The topological polar surface area (TPSA) is 157 Å². The molecule has 2 atom stereocenters. The van der Waals surface area contributed by atoms with E-state index in [0.717, 1.165) is 16.4 Å². The van der Waals surface area contributed by atoms with E-state index < -0.39 is 37.9 Å². The summed E-state index contributed by atoms with van der Waals surface area (Å²) in [4.78, 5) is 27.5. The number of sulfonamides is 1. The predicted molar refractivity (Wildman–Crippen MR) is 206 cm³/mol. The highest BCUT2D eigenvalue weighted by atomic mass is 32.2. The van der Waals surface area contributed by atoms with Crippen LogP contribution in [0.2, 0.25) is 0 Å². The first-order chi connectivity index (χ1) is 26.1. The highest BCUT2D eigenvalue weighted by Gasteiger charge is 2.25. The molecule has 2 amide bonds. The number of carbonyl (C=O) groups is 2. The summed E-state index contributed by atoms with van der Waals surface area (Å²) in [6, 6.07) is 33.0. The van der Waals surface area contributed by atoms with Crippen LogP contribution in [0.3, 0.4) is 0 Å². The number of rotatable bonds is 17. The molecule has 5 aromatic carbocycles. The van der Waals surface area contributed by atoms with Gasteiger partial charge in [-0.3, -0.25) is 9.59 Å². The van der Waals surface area contributed by atoms with Crippen LogP contribution < -0.4 is 24.8 Å². The van der Waals surface area contributed by atoms with Crippen molar-refractivity contribution in [2.24, 2.45) is 0 Å². The van der Waals surface area contributed by atoms with Gasteiger partial charge in [0.05, 0.1) is 16.2 Å². The average molecular weight is 768 g/mol. The van der Waals surface area contributed by atoms with E-state index in [1.807, 2.05) is 48.5 Å². The standard InChI is InChI=1S/C41H41N3O8S2/c45-40(28-31-21-22-37-38(27-31)52-29-51-37)44-36(26-30-12-3-1-4-13-30)41(46)43-33(23-25-53(47,48)34-17-5-2-6-18-34)16-9-10-24-42-54(49,50)39-20-11-15-32-14-7-8-19-35(32)39/h1-8,11-15,17-23,25,27,33,36,42H,9-10,16,24,26,28-29H2,(H,43,46)(H,44,45)/b25-23+/t33-,36-/m0/s1. The van der Waals surface area contributed by atoms with Crippen molar-refractivity contribution >= 4 is 42.4 Å². The smallest absolute Gasteiger partial charge is 0.243 e. The first-order valence-corrected chi connectivity index (χ1v) is 20.6. The van der Waals surface area contributed by atoms with Gasteiger partial charge in [0.2, 0.25) is 28.6 Å². The van der Waals surface area contributed by atoms with E-state index in [0.29, 0.717) is 41.7 Å². The van der Waals surface area contributed by atoms with Crippen LogP contribution in [0.25, 0.3) is 10.8 Å². The van der Waals surface area contributed by atoms with Crippen molar-refractivity contribution in [3.05, 3.63) is 144 Å². The maximum Gasteiger partial charge on any atom is 0.243 e. The summed E-state index contributed by atoms with van der Waals surface area (Å²) in [5.74, 6) is 0.250. The number of ether oxygens (including phenoxy) is 2. The molecular formula is C41H41N3O8S2. The summed E-state index contributed by atoms with van der Waals surface area (Å²) >= 11 is 0. The Morgan fingerprint density at radius 3 is 2.22 bits per heavy atom. The minimum absolute atomic E-state index is 0.0114. The maximum atomic E-state index is 13.9. The lowest BCUT2D eigenvalue weighted by Crippen LogP contribution is -2.50. The maximum absolute atomic E-state index is 13.9. The van der Waals surface area contributed by atoms with Crippen molar-refractivity contribution in [3.63, 3.8) is 0 Å². The summed E-state index contributed by atoms with van der Waals surface area (Å²) in [5, 5.41) is 8.30. The van der Waals surface area contributed by atoms with Gasteiger partial charge in [0, 0.05) is 29.8 Å². The number of hydrogen-bond acceptors (Lipinski definition) is 8. The minimum atomic E-state index is -3.83. The monoisotopic (exact) mass is 767 g/mol. The van der Waals surface area contributed by atoms with Crippen LogP contribution in [0.1, 0.15) is 30.4 Å². The van der Waals surface area contributed by atoms with Crippen molar-refractivity contribution in [1.29, 1.82) is 0 Å². The van der Waals surface area contributed by atoms with Gasteiger partial charge in [0.15, 0.2) is 21.3 Å². The predicted octanol–water partition coefficient (Wildman–Crippen LogP) is 5.46. The van der Waals surface area contributed by atoms with Crippen LogP contribution in [-0.2, 0) is 42.3 Å². The van der Waals surface area contributed by atoms with Crippen LogP contribution in [0.4, 0.5) is 0 Å². The third kappa shape index (κ3) is 10.1. The van der Waals surface area contributed by atoms with Gasteiger partial charge >= 0.3 is 0 Å². The van der Waals surface area contributed by atoms with Gasteiger partial charge in [-0.25, -0.2) is 21.6 Å². The highest BCUT2D eigenvalue weighted by Crippen LogP contribution is 2.32. The molecule has 11 nitrogen and oxygen atoms in total. The second-order valence-corrected chi connectivity index (χ2v) is 16.4. The Morgan fingerprint density at radius 2 is 1.43 bits per heavy atom. The largest absolute Gasteiger partial charge is 0.454 e. The fraction of sp³-hybridized carbons (Fsp3) is 0.220. The Morgan fingerprint density at radius 1 is 0.722 bits per heavy atom. The molecule has 0 fully saturated rings. The molecule has 5 aromatic rings. The fourth-order valence-electron chi connectivity index (χ4n) is 6.13. The number of amides is 2. The van der Waals surface area contributed by atoms with Gasteiger partial charge in [-0.15, -0.1) is 0 Å². The van der Waals surface area contributed by atoms with E-state index in [4.69, 9.17) is 9.47 Å². The van der Waals surface area contributed by atoms with Crippen LogP contribution in [0, 0.1) is 0 Å². The van der Waals surface area contributed by atoms with Crippen LogP contribution in [-0.4, -0.2) is 54.1 Å². The van der Waals surface area contributed by atoms with Gasteiger partial charge in [0.1, 0.15) is 6.04 Å². The highest BCUT2D eigenvalue weighted by molar-refractivity contribution is 7.94. The Kier molecular flexibility index (Phi) is 12.4. The number of unbranched alkanes of at least 4 members (excludes halogenated alkanes) is 1.